The lowest BCUT2D eigenvalue weighted by Crippen LogP contribution is -2.46. The van der Waals surface area contributed by atoms with Crippen molar-refractivity contribution in [3.8, 4) is 0 Å². The molecular formula is C17H20F2N4O. The van der Waals surface area contributed by atoms with Gasteiger partial charge in [0.25, 0.3) is 0 Å². The van der Waals surface area contributed by atoms with E-state index < -0.39 is 11.6 Å². The summed E-state index contributed by atoms with van der Waals surface area (Å²) in [4.78, 5) is 18.3. The van der Waals surface area contributed by atoms with Gasteiger partial charge in [-0.2, -0.15) is 0 Å². The summed E-state index contributed by atoms with van der Waals surface area (Å²) in [7, 11) is 0. The maximum absolute atomic E-state index is 13.7. The summed E-state index contributed by atoms with van der Waals surface area (Å²) >= 11 is 0. The van der Waals surface area contributed by atoms with Crippen LogP contribution in [0.2, 0.25) is 0 Å². The number of hydrogen-bond acceptors (Lipinski definition) is 2. The van der Waals surface area contributed by atoms with Crippen LogP contribution in [0.15, 0.2) is 36.9 Å². The Hall–Kier alpha value is -2.44. The molecule has 24 heavy (non-hydrogen) atoms. The molecule has 1 aromatic heterocycles. The van der Waals surface area contributed by atoms with Crippen molar-refractivity contribution < 1.29 is 13.6 Å². The molecule has 0 spiro atoms. The van der Waals surface area contributed by atoms with E-state index in [2.05, 4.69) is 10.3 Å². The minimum Gasteiger partial charge on any atom is -0.337 e. The Labute approximate surface area is 139 Å². The van der Waals surface area contributed by atoms with Crippen LogP contribution in [-0.2, 0) is 6.54 Å². The number of nitrogens with one attached hydrogen (secondary N) is 1. The molecule has 0 saturated carbocycles. The number of benzene rings is 1. The molecule has 1 atom stereocenters. The van der Waals surface area contributed by atoms with Gasteiger partial charge in [-0.05, 0) is 37.8 Å². The van der Waals surface area contributed by atoms with Gasteiger partial charge in [-0.3, -0.25) is 0 Å². The monoisotopic (exact) mass is 334 g/mol. The highest BCUT2D eigenvalue weighted by molar-refractivity contribution is 5.89. The molecule has 0 bridgehead atoms. The summed E-state index contributed by atoms with van der Waals surface area (Å²) < 4.78 is 28.7. The van der Waals surface area contributed by atoms with Crippen molar-refractivity contribution in [2.45, 2.75) is 38.3 Å². The number of aryl methyl sites for hydroxylation is 1. The Morgan fingerprint density at radius 1 is 1.33 bits per heavy atom. The van der Waals surface area contributed by atoms with E-state index in [1.807, 2.05) is 10.8 Å². The SMILES string of the molecule is O=C(Nc1ccc(F)cc1F)N1CCCCC1CCn1ccnc1. The van der Waals surface area contributed by atoms with E-state index in [9.17, 15) is 13.6 Å². The second-order valence-electron chi connectivity index (χ2n) is 5.99. The molecule has 1 N–H and O–H groups in total. The average Bonchev–Trinajstić information content (AvgIpc) is 3.09. The Kier molecular flexibility index (Phi) is 5.08. The molecule has 0 aliphatic carbocycles. The fraction of sp³-hybridized carbons (Fsp3) is 0.412. The van der Waals surface area contributed by atoms with Crippen LogP contribution in [0.4, 0.5) is 19.3 Å². The van der Waals surface area contributed by atoms with Crippen molar-refractivity contribution in [2.75, 3.05) is 11.9 Å². The zero-order chi connectivity index (χ0) is 16.9. The van der Waals surface area contributed by atoms with Gasteiger partial charge in [0.05, 0.1) is 12.0 Å². The van der Waals surface area contributed by atoms with Gasteiger partial charge >= 0.3 is 6.03 Å². The second kappa shape index (κ2) is 7.42. The first-order valence-corrected chi connectivity index (χ1v) is 8.12. The maximum Gasteiger partial charge on any atom is 0.322 e. The number of hydrogen-bond donors (Lipinski definition) is 1. The number of imidazole rings is 1. The Bertz CT molecular complexity index is 690. The second-order valence-corrected chi connectivity index (χ2v) is 5.99. The third kappa shape index (κ3) is 3.90. The van der Waals surface area contributed by atoms with Gasteiger partial charge in [0.15, 0.2) is 0 Å². The predicted octanol–water partition coefficient (Wildman–Crippen LogP) is 3.64. The number of likely N-dealkylation sites (tertiary alicyclic amines) is 1. The lowest BCUT2D eigenvalue weighted by molar-refractivity contribution is 0.155. The molecule has 1 saturated heterocycles. The number of urea groups is 1. The average molecular weight is 334 g/mol. The fourth-order valence-electron chi connectivity index (χ4n) is 3.06. The fourth-order valence-corrected chi connectivity index (χ4v) is 3.06. The van der Waals surface area contributed by atoms with Gasteiger partial charge in [0.2, 0.25) is 0 Å². The molecule has 1 aliphatic rings. The largest absolute Gasteiger partial charge is 0.337 e. The predicted molar refractivity (Wildman–Crippen MR) is 86.6 cm³/mol. The Morgan fingerprint density at radius 2 is 2.21 bits per heavy atom. The number of rotatable bonds is 4. The van der Waals surface area contributed by atoms with Crippen molar-refractivity contribution in [2.24, 2.45) is 0 Å². The molecule has 1 aromatic carbocycles. The highest BCUT2D eigenvalue weighted by Crippen LogP contribution is 2.22. The molecular weight excluding hydrogens is 314 g/mol. The van der Waals surface area contributed by atoms with Gasteiger partial charge in [-0.25, -0.2) is 18.6 Å². The number of nitrogens with zero attached hydrogens (tertiary/aromatic N) is 3. The van der Waals surface area contributed by atoms with E-state index in [0.717, 1.165) is 44.4 Å². The molecule has 3 rings (SSSR count). The van der Waals surface area contributed by atoms with Crippen LogP contribution >= 0.6 is 0 Å². The molecule has 1 fully saturated rings. The molecule has 128 valence electrons. The smallest absolute Gasteiger partial charge is 0.322 e. The third-order valence-electron chi connectivity index (χ3n) is 4.34. The number of halogens is 2. The molecule has 0 radical (unpaired) electrons. The lowest BCUT2D eigenvalue weighted by atomic mass is 9.99. The third-order valence-corrected chi connectivity index (χ3v) is 4.34. The van der Waals surface area contributed by atoms with Crippen LogP contribution in [0.5, 0.6) is 0 Å². The summed E-state index contributed by atoms with van der Waals surface area (Å²) in [6, 6.07) is 2.90. The number of amides is 2. The zero-order valence-corrected chi connectivity index (χ0v) is 13.3. The highest BCUT2D eigenvalue weighted by Gasteiger charge is 2.27. The van der Waals surface area contributed by atoms with Crippen molar-refractivity contribution >= 4 is 11.7 Å². The van der Waals surface area contributed by atoms with Crippen LogP contribution in [0.3, 0.4) is 0 Å². The van der Waals surface area contributed by atoms with E-state index >= 15 is 0 Å². The van der Waals surface area contributed by atoms with Crippen LogP contribution in [-0.4, -0.2) is 33.1 Å². The van der Waals surface area contributed by atoms with Crippen LogP contribution in [0, 0.1) is 11.6 Å². The number of anilines is 1. The van der Waals surface area contributed by atoms with Gasteiger partial charge in [0.1, 0.15) is 11.6 Å². The van der Waals surface area contributed by atoms with Crippen LogP contribution < -0.4 is 5.32 Å². The standard InChI is InChI=1S/C17H20F2N4O/c18-13-4-5-16(15(19)11-13)21-17(24)23-8-2-1-3-14(23)6-9-22-10-7-20-12-22/h4-5,7,10-12,14H,1-3,6,8-9H2,(H,21,24). The molecule has 2 heterocycles. The quantitative estimate of drug-likeness (QED) is 0.928. The number of piperidine rings is 1. The molecule has 5 nitrogen and oxygen atoms in total. The van der Waals surface area contributed by atoms with Crippen LogP contribution in [0.25, 0.3) is 0 Å². The molecule has 1 aliphatic heterocycles. The van der Waals surface area contributed by atoms with E-state index in [1.54, 1.807) is 17.4 Å². The maximum atomic E-state index is 13.7. The zero-order valence-electron chi connectivity index (χ0n) is 13.3. The first-order chi connectivity index (χ1) is 11.6. The molecule has 7 heteroatoms. The highest BCUT2D eigenvalue weighted by atomic mass is 19.1. The van der Waals surface area contributed by atoms with Crippen molar-refractivity contribution in [3.63, 3.8) is 0 Å². The summed E-state index contributed by atoms with van der Waals surface area (Å²) in [6.07, 6.45) is 9.11. The number of carbonyl (C=O) groups excluding carboxylic acids is 1. The number of carbonyl (C=O) groups is 1. The molecule has 2 aromatic rings. The summed E-state index contributed by atoms with van der Waals surface area (Å²) in [5.74, 6) is -1.43. The van der Waals surface area contributed by atoms with Gasteiger partial charge in [-0.15, -0.1) is 0 Å². The van der Waals surface area contributed by atoms with Crippen molar-refractivity contribution in [1.82, 2.24) is 14.5 Å². The van der Waals surface area contributed by atoms with Crippen molar-refractivity contribution in [3.05, 3.63) is 48.6 Å². The summed E-state index contributed by atoms with van der Waals surface area (Å²) in [5.41, 5.74) is 0.000308. The Morgan fingerprint density at radius 3 is 2.96 bits per heavy atom. The first kappa shape index (κ1) is 16.4. The molecule has 2 amide bonds. The first-order valence-electron chi connectivity index (χ1n) is 8.12. The summed E-state index contributed by atoms with van der Waals surface area (Å²) in [5, 5.41) is 2.56. The minimum atomic E-state index is -0.768. The van der Waals surface area contributed by atoms with Crippen molar-refractivity contribution in [1.29, 1.82) is 0 Å². The van der Waals surface area contributed by atoms with Crippen LogP contribution in [0.1, 0.15) is 25.7 Å². The van der Waals surface area contributed by atoms with E-state index in [4.69, 9.17) is 0 Å². The number of aromatic nitrogens is 2. The van der Waals surface area contributed by atoms with Gasteiger partial charge in [0, 0.05) is 37.6 Å². The normalized spacial score (nSPS) is 17.8. The van der Waals surface area contributed by atoms with Gasteiger partial charge < -0.3 is 14.8 Å². The van der Waals surface area contributed by atoms with E-state index in [-0.39, 0.29) is 17.8 Å². The Balaban J connectivity index is 1.64. The van der Waals surface area contributed by atoms with E-state index in [0.29, 0.717) is 6.54 Å². The van der Waals surface area contributed by atoms with Gasteiger partial charge in [-0.1, -0.05) is 0 Å². The minimum absolute atomic E-state index is 0.000308. The topological polar surface area (TPSA) is 50.2 Å². The van der Waals surface area contributed by atoms with E-state index in [1.165, 1.54) is 6.07 Å². The summed E-state index contributed by atoms with van der Waals surface area (Å²) in [6.45, 7) is 1.42. The molecule has 1 unspecified atom stereocenters. The lowest BCUT2D eigenvalue weighted by Gasteiger charge is -2.36.